The Bertz CT molecular complexity index is 2620. The minimum Gasteiger partial charge on any atom is -0.309 e. The maximum atomic E-state index is 2.44. The molecule has 9 aromatic rings. The Morgan fingerprint density at radius 1 is 0.422 bits per heavy atom. The first-order valence-corrected chi connectivity index (χ1v) is 16.4. The molecule has 0 saturated heterocycles. The summed E-state index contributed by atoms with van der Waals surface area (Å²) in [5.41, 5.74) is 14.3. The second kappa shape index (κ2) is 9.53. The van der Waals surface area contributed by atoms with E-state index in [0.29, 0.717) is 0 Å². The highest BCUT2D eigenvalue weighted by molar-refractivity contribution is 7.26. The Kier molecular flexibility index (Phi) is 5.28. The van der Waals surface area contributed by atoms with E-state index in [9.17, 15) is 0 Å². The molecule has 0 bridgehead atoms. The third-order valence-electron chi connectivity index (χ3n) is 9.62. The topological polar surface area (TPSA) is 4.93 Å². The van der Waals surface area contributed by atoms with Gasteiger partial charge >= 0.3 is 0 Å². The van der Waals surface area contributed by atoms with Gasteiger partial charge in [0, 0.05) is 36.6 Å². The fourth-order valence-corrected chi connectivity index (χ4v) is 8.78. The molecule has 0 fully saturated rings. The third kappa shape index (κ3) is 3.73. The average Bonchev–Trinajstić information content (AvgIpc) is 3.77. The van der Waals surface area contributed by atoms with E-state index in [2.05, 4.69) is 156 Å². The van der Waals surface area contributed by atoms with Gasteiger partial charge in [0.25, 0.3) is 0 Å². The highest BCUT2D eigenvalue weighted by atomic mass is 32.1. The van der Waals surface area contributed by atoms with Crippen molar-refractivity contribution in [1.82, 2.24) is 4.57 Å². The molecule has 0 N–H and O–H groups in total. The third-order valence-corrected chi connectivity index (χ3v) is 10.8. The Balaban J connectivity index is 1.07. The largest absolute Gasteiger partial charge is 0.309 e. The van der Waals surface area contributed by atoms with Crippen LogP contribution in [0.1, 0.15) is 11.1 Å². The zero-order chi connectivity index (χ0) is 29.5. The van der Waals surface area contributed by atoms with Gasteiger partial charge in [-0.25, -0.2) is 0 Å². The summed E-state index contributed by atoms with van der Waals surface area (Å²) in [4.78, 5) is 0. The number of aromatic nitrogens is 1. The highest BCUT2D eigenvalue weighted by Crippen LogP contribution is 2.44. The van der Waals surface area contributed by atoms with Crippen molar-refractivity contribution < 1.29 is 0 Å². The maximum absolute atomic E-state index is 2.44. The Morgan fingerprint density at radius 3 is 2.04 bits per heavy atom. The summed E-state index contributed by atoms with van der Waals surface area (Å²) in [5, 5.41) is 5.27. The van der Waals surface area contributed by atoms with E-state index in [1.807, 2.05) is 11.3 Å². The first kappa shape index (κ1) is 24.9. The monoisotopic (exact) mass is 589 g/mol. The van der Waals surface area contributed by atoms with Crippen molar-refractivity contribution in [1.29, 1.82) is 0 Å². The van der Waals surface area contributed by atoms with Crippen molar-refractivity contribution in [2.75, 3.05) is 0 Å². The van der Waals surface area contributed by atoms with Crippen molar-refractivity contribution in [2.45, 2.75) is 6.42 Å². The normalized spacial score (nSPS) is 12.4. The molecule has 0 unspecified atom stereocenters. The van der Waals surface area contributed by atoms with Crippen molar-refractivity contribution in [2.24, 2.45) is 0 Å². The standard InChI is InChI=1S/C43H27NS/c1-2-9-27(10-3-1)28-18-22-41-39(26-28)36-11-4-6-15-40(36)44(41)32-19-21-34-31(25-32)24-30-23-29(17-20-33(30)34)35-13-8-14-38-37-12-5-7-16-42(37)45-43(35)38/h1-23,25-26H,24H2. The molecule has 1 aliphatic carbocycles. The number of fused-ring (bicyclic) bond motifs is 9. The summed E-state index contributed by atoms with van der Waals surface area (Å²) in [6, 6.07) is 56.0. The Labute approximate surface area is 265 Å². The van der Waals surface area contributed by atoms with Crippen LogP contribution in [0.4, 0.5) is 0 Å². The number of thiophene rings is 1. The molecule has 0 spiro atoms. The van der Waals surface area contributed by atoms with Crippen LogP contribution in [0.2, 0.25) is 0 Å². The minimum atomic E-state index is 0.948. The van der Waals surface area contributed by atoms with Crippen LogP contribution in [0, 0.1) is 0 Å². The number of nitrogens with zero attached hydrogens (tertiary/aromatic N) is 1. The molecule has 2 heteroatoms. The van der Waals surface area contributed by atoms with Gasteiger partial charge in [-0.05, 0) is 87.3 Å². The molecule has 10 rings (SSSR count). The number of hydrogen-bond acceptors (Lipinski definition) is 1. The number of benzene rings is 7. The van der Waals surface area contributed by atoms with E-state index in [4.69, 9.17) is 0 Å². The van der Waals surface area contributed by atoms with Gasteiger partial charge < -0.3 is 4.57 Å². The minimum absolute atomic E-state index is 0.948. The summed E-state index contributed by atoms with van der Waals surface area (Å²) in [6.07, 6.45) is 0.948. The van der Waals surface area contributed by atoms with Crippen LogP contribution in [0.3, 0.4) is 0 Å². The smallest absolute Gasteiger partial charge is 0.0541 e. The predicted molar refractivity (Wildman–Crippen MR) is 193 cm³/mol. The fourth-order valence-electron chi connectivity index (χ4n) is 7.54. The van der Waals surface area contributed by atoms with Gasteiger partial charge in [0.2, 0.25) is 0 Å². The van der Waals surface area contributed by atoms with Gasteiger partial charge in [-0.15, -0.1) is 11.3 Å². The van der Waals surface area contributed by atoms with Gasteiger partial charge in [-0.1, -0.05) is 115 Å². The van der Waals surface area contributed by atoms with Crippen molar-refractivity contribution in [3.8, 4) is 39.1 Å². The molecule has 210 valence electrons. The second-order valence-corrected chi connectivity index (χ2v) is 13.2. The van der Waals surface area contributed by atoms with E-state index in [-0.39, 0.29) is 0 Å². The molecule has 2 heterocycles. The number of para-hydroxylation sites is 1. The molecular weight excluding hydrogens is 563 g/mol. The predicted octanol–water partition coefficient (Wildman–Crippen LogP) is 12.1. The Morgan fingerprint density at radius 2 is 1.13 bits per heavy atom. The van der Waals surface area contributed by atoms with Crippen LogP contribution in [-0.4, -0.2) is 4.57 Å². The lowest BCUT2D eigenvalue weighted by Gasteiger charge is -2.11. The van der Waals surface area contributed by atoms with E-state index in [0.717, 1.165) is 6.42 Å². The van der Waals surface area contributed by atoms with Gasteiger partial charge in [-0.3, -0.25) is 0 Å². The molecule has 7 aromatic carbocycles. The van der Waals surface area contributed by atoms with Crippen LogP contribution < -0.4 is 0 Å². The quantitative estimate of drug-likeness (QED) is 0.193. The molecular formula is C43H27NS. The molecule has 0 atom stereocenters. The van der Waals surface area contributed by atoms with E-state index >= 15 is 0 Å². The second-order valence-electron chi connectivity index (χ2n) is 12.1. The van der Waals surface area contributed by atoms with Crippen molar-refractivity contribution >= 4 is 53.3 Å². The summed E-state index contributed by atoms with van der Waals surface area (Å²) in [6.45, 7) is 0. The summed E-state index contributed by atoms with van der Waals surface area (Å²) in [5.74, 6) is 0. The van der Waals surface area contributed by atoms with Gasteiger partial charge in [0.1, 0.15) is 0 Å². The zero-order valence-corrected chi connectivity index (χ0v) is 25.3. The molecule has 2 aromatic heterocycles. The first-order chi connectivity index (χ1) is 22.3. The Hall–Kier alpha value is -5.44. The van der Waals surface area contributed by atoms with E-state index in [1.165, 1.54) is 92.2 Å². The van der Waals surface area contributed by atoms with E-state index < -0.39 is 0 Å². The first-order valence-electron chi connectivity index (χ1n) is 15.6. The number of rotatable bonds is 3. The molecule has 1 nitrogen and oxygen atoms in total. The van der Waals surface area contributed by atoms with Crippen molar-refractivity contribution in [3.63, 3.8) is 0 Å². The van der Waals surface area contributed by atoms with Crippen LogP contribution in [0.5, 0.6) is 0 Å². The molecule has 0 saturated carbocycles. The fraction of sp³-hybridized carbons (Fsp3) is 0.0233. The lowest BCUT2D eigenvalue weighted by molar-refractivity contribution is 1.16. The van der Waals surface area contributed by atoms with Crippen LogP contribution in [0.25, 0.3) is 81.0 Å². The van der Waals surface area contributed by atoms with Crippen LogP contribution in [0.15, 0.2) is 152 Å². The summed E-state index contributed by atoms with van der Waals surface area (Å²) < 4.78 is 5.16. The molecule has 45 heavy (non-hydrogen) atoms. The SMILES string of the molecule is c1ccc(-c2ccc3c(c2)c2ccccc2n3-c2ccc3c(c2)Cc2cc(-c4cccc5c4sc4ccccc45)ccc2-3)cc1. The van der Waals surface area contributed by atoms with Gasteiger partial charge in [0.05, 0.1) is 11.0 Å². The zero-order valence-electron chi connectivity index (χ0n) is 24.5. The number of hydrogen-bond donors (Lipinski definition) is 0. The van der Waals surface area contributed by atoms with Crippen molar-refractivity contribution in [3.05, 3.63) is 163 Å². The molecule has 0 aliphatic heterocycles. The summed E-state index contributed by atoms with van der Waals surface area (Å²) >= 11 is 1.90. The van der Waals surface area contributed by atoms with Crippen LogP contribution in [-0.2, 0) is 6.42 Å². The van der Waals surface area contributed by atoms with Gasteiger partial charge in [0.15, 0.2) is 0 Å². The van der Waals surface area contributed by atoms with Crippen LogP contribution >= 0.6 is 11.3 Å². The molecule has 1 aliphatic rings. The van der Waals surface area contributed by atoms with E-state index in [1.54, 1.807) is 0 Å². The average molecular weight is 590 g/mol. The lowest BCUT2D eigenvalue weighted by Crippen LogP contribution is -1.95. The molecule has 0 amide bonds. The molecule has 0 radical (unpaired) electrons. The maximum Gasteiger partial charge on any atom is 0.0541 e. The highest BCUT2D eigenvalue weighted by Gasteiger charge is 2.22. The lowest BCUT2D eigenvalue weighted by atomic mass is 9.98. The van der Waals surface area contributed by atoms with Gasteiger partial charge in [-0.2, -0.15) is 0 Å². The summed E-state index contributed by atoms with van der Waals surface area (Å²) in [7, 11) is 0.